The molecular weight excluding hydrogens is 418 g/mol. The average Bonchev–Trinajstić information content (AvgIpc) is 3.26. The van der Waals surface area contributed by atoms with Crippen molar-refractivity contribution in [2.75, 3.05) is 25.0 Å². The van der Waals surface area contributed by atoms with Gasteiger partial charge in [0.25, 0.3) is 5.91 Å². The van der Waals surface area contributed by atoms with E-state index in [2.05, 4.69) is 56.9 Å². The summed E-state index contributed by atoms with van der Waals surface area (Å²) in [5.41, 5.74) is 6.64. The Bertz CT molecular complexity index is 957. The molecule has 1 aromatic carbocycles. The van der Waals surface area contributed by atoms with Gasteiger partial charge < -0.3 is 10.1 Å². The van der Waals surface area contributed by atoms with Crippen LogP contribution in [0.5, 0.6) is 0 Å². The molecule has 2 N–H and O–H groups in total. The zero-order valence-corrected chi connectivity index (χ0v) is 19.4. The van der Waals surface area contributed by atoms with E-state index in [9.17, 15) is 4.79 Å². The monoisotopic (exact) mass is 451 g/mol. The van der Waals surface area contributed by atoms with Crippen LogP contribution in [0.2, 0.25) is 0 Å². The van der Waals surface area contributed by atoms with Crippen molar-refractivity contribution < 1.29 is 14.4 Å². The number of aryl methyl sites for hydroxylation is 2. The molecule has 2 fully saturated rings. The number of amides is 1. The molecule has 176 valence electrons. The van der Waals surface area contributed by atoms with Crippen LogP contribution in [0.1, 0.15) is 48.1 Å². The molecule has 1 aromatic heterocycles. The molecule has 2 aromatic rings. The minimum atomic E-state index is -0.366. The maximum atomic E-state index is 12.0. The molecule has 2 saturated heterocycles. The van der Waals surface area contributed by atoms with Crippen LogP contribution in [0.25, 0.3) is 6.08 Å². The lowest BCUT2D eigenvalue weighted by molar-refractivity contribution is -0.198. The second kappa shape index (κ2) is 11.4. The van der Waals surface area contributed by atoms with Crippen molar-refractivity contribution in [1.82, 2.24) is 20.3 Å². The van der Waals surface area contributed by atoms with E-state index in [0.29, 0.717) is 18.6 Å². The first kappa shape index (κ1) is 23.4. The normalized spacial score (nSPS) is 21.4. The summed E-state index contributed by atoms with van der Waals surface area (Å²) in [4.78, 5) is 28.8. The van der Waals surface area contributed by atoms with Gasteiger partial charge in [0, 0.05) is 56.5 Å². The third-order valence-corrected chi connectivity index (χ3v) is 5.99. The standard InChI is InChI=1S/C25H33N5O3/c1-18-6-8-20(9-7-18)16-30-13-12-22(17-30)28-25-26-15-21(19(2)27-25)10-11-23(31)29-33-24-5-3-4-14-32-24/h6-11,15,22,24H,3-5,12-14,16-17H2,1-2H3,(H,29,31)(H,26,27,28)/b11-10+/t22-,24?/m1/s1. The van der Waals surface area contributed by atoms with Gasteiger partial charge in [0.2, 0.25) is 5.95 Å². The van der Waals surface area contributed by atoms with Crippen molar-refractivity contribution in [3.63, 3.8) is 0 Å². The van der Waals surface area contributed by atoms with Crippen LogP contribution in [0, 0.1) is 13.8 Å². The fourth-order valence-corrected chi connectivity index (χ4v) is 4.07. The predicted octanol–water partition coefficient (Wildman–Crippen LogP) is 3.37. The lowest BCUT2D eigenvalue weighted by Crippen LogP contribution is -2.32. The first-order valence-corrected chi connectivity index (χ1v) is 11.7. The molecule has 3 heterocycles. The Kier molecular flexibility index (Phi) is 8.04. The molecular formula is C25H33N5O3. The zero-order valence-electron chi connectivity index (χ0n) is 19.4. The van der Waals surface area contributed by atoms with Crippen LogP contribution < -0.4 is 10.8 Å². The second-order valence-corrected chi connectivity index (χ2v) is 8.80. The number of nitrogens with one attached hydrogen (secondary N) is 2. The number of hydroxylamine groups is 1. The number of likely N-dealkylation sites (tertiary alicyclic amines) is 1. The van der Waals surface area contributed by atoms with Gasteiger partial charge in [-0.3, -0.25) is 9.69 Å². The molecule has 0 bridgehead atoms. The number of nitrogens with zero attached hydrogens (tertiary/aromatic N) is 3. The van der Waals surface area contributed by atoms with Gasteiger partial charge in [0.1, 0.15) is 0 Å². The highest BCUT2D eigenvalue weighted by molar-refractivity contribution is 5.91. The largest absolute Gasteiger partial charge is 0.350 e. The van der Waals surface area contributed by atoms with Gasteiger partial charge in [-0.2, -0.15) is 0 Å². The molecule has 1 amide bonds. The van der Waals surface area contributed by atoms with Crippen LogP contribution in [0.15, 0.2) is 36.5 Å². The molecule has 0 radical (unpaired) electrons. The molecule has 1 unspecified atom stereocenters. The van der Waals surface area contributed by atoms with E-state index >= 15 is 0 Å². The number of hydrogen-bond acceptors (Lipinski definition) is 7. The van der Waals surface area contributed by atoms with E-state index in [1.165, 1.54) is 17.2 Å². The topological polar surface area (TPSA) is 88.6 Å². The summed E-state index contributed by atoms with van der Waals surface area (Å²) in [5.74, 6) is 0.277. The van der Waals surface area contributed by atoms with E-state index in [1.54, 1.807) is 12.3 Å². The maximum Gasteiger partial charge on any atom is 0.267 e. The number of benzene rings is 1. The smallest absolute Gasteiger partial charge is 0.267 e. The van der Waals surface area contributed by atoms with E-state index in [4.69, 9.17) is 9.57 Å². The van der Waals surface area contributed by atoms with Crippen molar-refractivity contribution in [3.8, 4) is 0 Å². The molecule has 2 aliphatic rings. The van der Waals surface area contributed by atoms with Gasteiger partial charge in [0.05, 0.1) is 5.69 Å². The van der Waals surface area contributed by atoms with Gasteiger partial charge in [-0.15, -0.1) is 0 Å². The Balaban J connectivity index is 1.24. The number of anilines is 1. The Morgan fingerprint density at radius 3 is 2.85 bits per heavy atom. The molecule has 2 atom stereocenters. The zero-order chi connectivity index (χ0) is 23.0. The SMILES string of the molecule is Cc1ccc(CN2CC[C@@H](Nc3ncc(/C=C/C(=O)NOC4CCCCO4)c(C)n3)C2)cc1. The molecule has 0 spiro atoms. The quantitative estimate of drug-likeness (QED) is 0.470. The average molecular weight is 452 g/mol. The maximum absolute atomic E-state index is 12.0. The van der Waals surface area contributed by atoms with Crippen LogP contribution in [-0.2, 0) is 20.9 Å². The van der Waals surface area contributed by atoms with Crippen molar-refractivity contribution in [3.05, 3.63) is 58.9 Å². The third kappa shape index (κ3) is 7.08. The van der Waals surface area contributed by atoms with Gasteiger partial charge in [-0.1, -0.05) is 29.8 Å². The minimum absolute atomic E-state index is 0.321. The highest BCUT2D eigenvalue weighted by Crippen LogP contribution is 2.18. The van der Waals surface area contributed by atoms with E-state index < -0.39 is 0 Å². The molecule has 33 heavy (non-hydrogen) atoms. The number of rotatable bonds is 8. The van der Waals surface area contributed by atoms with E-state index in [0.717, 1.165) is 56.6 Å². The van der Waals surface area contributed by atoms with Crippen LogP contribution >= 0.6 is 0 Å². The highest BCUT2D eigenvalue weighted by Gasteiger charge is 2.23. The molecule has 2 aliphatic heterocycles. The lowest BCUT2D eigenvalue weighted by atomic mass is 10.1. The summed E-state index contributed by atoms with van der Waals surface area (Å²) >= 11 is 0. The molecule has 0 saturated carbocycles. The summed E-state index contributed by atoms with van der Waals surface area (Å²) in [6, 6.07) is 9.04. The molecule has 4 rings (SSSR count). The van der Waals surface area contributed by atoms with Crippen LogP contribution in [0.4, 0.5) is 5.95 Å². The second-order valence-electron chi connectivity index (χ2n) is 8.80. The Morgan fingerprint density at radius 1 is 1.24 bits per heavy atom. The van der Waals surface area contributed by atoms with E-state index in [1.807, 2.05) is 6.92 Å². The van der Waals surface area contributed by atoms with Crippen molar-refractivity contribution in [1.29, 1.82) is 0 Å². The van der Waals surface area contributed by atoms with Crippen molar-refractivity contribution in [2.45, 2.75) is 58.4 Å². The number of aromatic nitrogens is 2. The third-order valence-electron chi connectivity index (χ3n) is 5.99. The number of carbonyl (C=O) groups excluding carboxylic acids is 1. The van der Waals surface area contributed by atoms with Crippen LogP contribution in [-0.4, -0.2) is 52.8 Å². The van der Waals surface area contributed by atoms with Crippen molar-refractivity contribution >= 4 is 17.9 Å². The summed E-state index contributed by atoms with van der Waals surface area (Å²) in [7, 11) is 0. The number of carbonyl (C=O) groups is 1. The van der Waals surface area contributed by atoms with Gasteiger partial charge in [-0.25, -0.2) is 20.3 Å². The number of hydrogen-bond donors (Lipinski definition) is 2. The Labute approximate surface area is 195 Å². The fourth-order valence-electron chi connectivity index (χ4n) is 4.07. The summed E-state index contributed by atoms with van der Waals surface area (Å²) in [5, 5.41) is 3.45. The summed E-state index contributed by atoms with van der Waals surface area (Å²) in [6.45, 7) is 7.66. The van der Waals surface area contributed by atoms with Crippen LogP contribution in [0.3, 0.4) is 0 Å². The molecule has 8 heteroatoms. The molecule has 8 nitrogen and oxygen atoms in total. The van der Waals surface area contributed by atoms with E-state index in [-0.39, 0.29) is 12.2 Å². The highest BCUT2D eigenvalue weighted by atomic mass is 16.8. The first-order chi connectivity index (χ1) is 16.0. The summed E-state index contributed by atoms with van der Waals surface area (Å²) < 4.78 is 5.43. The first-order valence-electron chi connectivity index (χ1n) is 11.7. The predicted molar refractivity (Wildman–Crippen MR) is 127 cm³/mol. The Morgan fingerprint density at radius 2 is 2.09 bits per heavy atom. The minimum Gasteiger partial charge on any atom is -0.350 e. The Hall–Kier alpha value is -2.81. The van der Waals surface area contributed by atoms with Gasteiger partial charge in [0.15, 0.2) is 6.29 Å². The lowest BCUT2D eigenvalue weighted by Gasteiger charge is -2.21. The molecule has 0 aliphatic carbocycles. The fraction of sp³-hybridized carbons (Fsp3) is 0.480. The van der Waals surface area contributed by atoms with Gasteiger partial charge >= 0.3 is 0 Å². The van der Waals surface area contributed by atoms with Crippen molar-refractivity contribution in [2.24, 2.45) is 0 Å². The summed E-state index contributed by atoms with van der Waals surface area (Å²) in [6.07, 6.45) is 8.40. The number of ether oxygens (including phenoxy) is 1. The van der Waals surface area contributed by atoms with Gasteiger partial charge in [-0.05, 0) is 44.7 Å².